The Balaban J connectivity index is 3.85. The predicted octanol–water partition coefficient (Wildman–Crippen LogP) is -0.427. The molecule has 84 valence electrons. The molecule has 0 radical (unpaired) electrons. The van der Waals surface area contributed by atoms with Crippen molar-refractivity contribution in [2.75, 3.05) is 13.2 Å². The van der Waals surface area contributed by atoms with Gasteiger partial charge < -0.3 is 20.6 Å². The average molecular weight is 205 g/mol. The van der Waals surface area contributed by atoms with Crippen LogP contribution < -0.4 is 5.32 Å². The van der Waals surface area contributed by atoms with Gasteiger partial charge in [-0.1, -0.05) is 6.92 Å². The molecule has 2 atom stereocenters. The first-order valence-electron chi connectivity index (χ1n) is 4.69. The van der Waals surface area contributed by atoms with Crippen molar-refractivity contribution in [1.82, 2.24) is 5.32 Å². The molecule has 0 aromatic rings. The number of rotatable bonds is 7. The van der Waals surface area contributed by atoms with Crippen molar-refractivity contribution in [1.29, 1.82) is 0 Å². The molecule has 0 aliphatic carbocycles. The molecule has 4 N–H and O–H groups in total. The molecule has 0 aromatic carbocycles. The van der Waals surface area contributed by atoms with Gasteiger partial charge in [0, 0.05) is 12.1 Å². The number of hydrogen-bond donors (Lipinski definition) is 4. The number of aliphatic carboxylic acids is 1. The topological polar surface area (TPSA) is 89.8 Å². The summed E-state index contributed by atoms with van der Waals surface area (Å²) in [4.78, 5) is 10.2. The first kappa shape index (κ1) is 13.4. The van der Waals surface area contributed by atoms with Crippen LogP contribution in [-0.4, -0.2) is 46.1 Å². The SMILES string of the molecule is CCC(C)(CO)NCC(O)CC(=O)O. The third kappa shape index (κ3) is 5.16. The summed E-state index contributed by atoms with van der Waals surface area (Å²) >= 11 is 0. The molecular weight excluding hydrogens is 186 g/mol. The summed E-state index contributed by atoms with van der Waals surface area (Å²) in [5, 5.41) is 29.6. The van der Waals surface area contributed by atoms with E-state index < -0.39 is 17.6 Å². The molecule has 0 bridgehead atoms. The van der Waals surface area contributed by atoms with Gasteiger partial charge in [0.15, 0.2) is 0 Å². The van der Waals surface area contributed by atoms with E-state index in [0.717, 1.165) is 0 Å². The molecule has 0 aliphatic heterocycles. The minimum Gasteiger partial charge on any atom is -0.481 e. The fourth-order valence-corrected chi connectivity index (χ4v) is 0.931. The van der Waals surface area contributed by atoms with Gasteiger partial charge in [-0.15, -0.1) is 0 Å². The standard InChI is InChI=1S/C9H19NO4/c1-3-9(2,6-11)10-5-7(12)4-8(13)14/h7,10-12H,3-6H2,1-2H3,(H,13,14). The van der Waals surface area contributed by atoms with Gasteiger partial charge in [-0.3, -0.25) is 4.79 Å². The van der Waals surface area contributed by atoms with Crippen LogP contribution in [0.25, 0.3) is 0 Å². The van der Waals surface area contributed by atoms with Crippen LogP contribution in [0.15, 0.2) is 0 Å². The van der Waals surface area contributed by atoms with Gasteiger partial charge in [0.1, 0.15) is 0 Å². The maximum atomic E-state index is 10.2. The molecule has 14 heavy (non-hydrogen) atoms. The van der Waals surface area contributed by atoms with E-state index in [9.17, 15) is 9.90 Å². The second kappa shape index (κ2) is 5.95. The van der Waals surface area contributed by atoms with Gasteiger partial charge >= 0.3 is 5.97 Å². The fourth-order valence-electron chi connectivity index (χ4n) is 0.931. The van der Waals surface area contributed by atoms with Crippen LogP contribution in [0, 0.1) is 0 Å². The zero-order valence-corrected chi connectivity index (χ0v) is 8.66. The van der Waals surface area contributed by atoms with Crippen LogP contribution in [0.1, 0.15) is 26.7 Å². The molecule has 5 nitrogen and oxygen atoms in total. The summed E-state index contributed by atoms with van der Waals surface area (Å²) in [6.07, 6.45) is -0.480. The Bertz CT molecular complexity index is 180. The first-order chi connectivity index (χ1) is 6.43. The smallest absolute Gasteiger partial charge is 0.306 e. The highest BCUT2D eigenvalue weighted by molar-refractivity contribution is 5.67. The summed E-state index contributed by atoms with van der Waals surface area (Å²) < 4.78 is 0. The highest BCUT2D eigenvalue weighted by atomic mass is 16.4. The van der Waals surface area contributed by atoms with Crippen LogP contribution in [0.5, 0.6) is 0 Å². The van der Waals surface area contributed by atoms with E-state index in [1.165, 1.54) is 0 Å². The van der Waals surface area contributed by atoms with Gasteiger partial charge in [0.2, 0.25) is 0 Å². The molecule has 0 heterocycles. The summed E-state index contributed by atoms with van der Waals surface area (Å²) in [5.74, 6) is -1.03. The molecule has 0 fully saturated rings. The molecule has 5 heteroatoms. The minimum absolute atomic E-state index is 0.0384. The second-order valence-electron chi connectivity index (χ2n) is 3.70. The van der Waals surface area contributed by atoms with Crippen LogP contribution >= 0.6 is 0 Å². The van der Waals surface area contributed by atoms with Crippen molar-refractivity contribution in [3.63, 3.8) is 0 Å². The maximum absolute atomic E-state index is 10.2. The lowest BCUT2D eigenvalue weighted by molar-refractivity contribution is -0.139. The number of nitrogens with one attached hydrogen (secondary N) is 1. The molecule has 0 aromatic heterocycles. The number of hydrogen-bond acceptors (Lipinski definition) is 4. The van der Waals surface area contributed by atoms with Crippen LogP contribution in [0.3, 0.4) is 0 Å². The van der Waals surface area contributed by atoms with Crippen molar-refractivity contribution >= 4 is 5.97 Å². The number of aliphatic hydroxyl groups excluding tert-OH is 2. The summed E-state index contributed by atoms with van der Waals surface area (Å²) in [7, 11) is 0. The highest BCUT2D eigenvalue weighted by Crippen LogP contribution is 2.07. The van der Waals surface area contributed by atoms with Crippen molar-refractivity contribution < 1.29 is 20.1 Å². The largest absolute Gasteiger partial charge is 0.481 e. The zero-order valence-electron chi connectivity index (χ0n) is 8.66. The van der Waals surface area contributed by atoms with E-state index in [4.69, 9.17) is 10.2 Å². The molecule has 2 unspecified atom stereocenters. The predicted molar refractivity (Wildman–Crippen MR) is 52.0 cm³/mol. The first-order valence-corrected chi connectivity index (χ1v) is 4.69. The Kier molecular flexibility index (Phi) is 5.68. The van der Waals surface area contributed by atoms with Gasteiger partial charge in [0.25, 0.3) is 0 Å². The number of β-amino-alcohol motifs (C(OH)–C–C–N with tert-alkyl or cyclic N) is 1. The third-order valence-electron chi connectivity index (χ3n) is 2.30. The van der Waals surface area contributed by atoms with Gasteiger partial charge in [-0.25, -0.2) is 0 Å². The molecular formula is C9H19NO4. The number of carboxylic acid groups (broad SMARTS) is 1. The van der Waals surface area contributed by atoms with Crippen molar-refractivity contribution in [2.24, 2.45) is 0 Å². The summed E-state index contributed by atoms with van der Waals surface area (Å²) in [5.41, 5.74) is -0.445. The fraction of sp³-hybridized carbons (Fsp3) is 0.889. The summed E-state index contributed by atoms with van der Waals surface area (Å²) in [6.45, 7) is 3.87. The van der Waals surface area contributed by atoms with E-state index in [-0.39, 0.29) is 19.6 Å². The Labute approximate surface area is 83.8 Å². The average Bonchev–Trinajstić information content (AvgIpc) is 2.13. The van der Waals surface area contributed by atoms with Gasteiger partial charge in [-0.2, -0.15) is 0 Å². The number of carbonyl (C=O) groups is 1. The zero-order chi connectivity index (χ0) is 11.2. The Morgan fingerprint density at radius 3 is 2.50 bits per heavy atom. The normalized spacial score (nSPS) is 17.4. The van der Waals surface area contributed by atoms with Crippen molar-refractivity contribution in [3.05, 3.63) is 0 Å². The van der Waals surface area contributed by atoms with E-state index in [2.05, 4.69) is 5.32 Å². The van der Waals surface area contributed by atoms with Crippen molar-refractivity contribution in [2.45, 2.75) is 38.3 Å². The highest BCUT2D eigenvalue weighted by Gasteiger charge is 2.21. The lowest BCUT2D eigenvalue weighted by atomic mass is 10.00. The van der Waals surface area contributed by atoms with Crippen LogP contribution in [-0.2, 0) is 4.79 Å². The van der Waals surface area contributed by atoms with Crippen LogP contribution in [0.2, 0.25) is 0 Å². The van der Waals surface area contributed by atoms with Crippen molar-refractivity contribution in [3.8, 4) is 0 Å². The monoisotopic (exact) mass is 205 g/mol. The minimum atomic E-state index is -1.03. The molecule has 0 aliphatic rings. The second-order valence-corrected chi connectivity index (χ2v) is 3.70. The molecule has 0 rings (SSSR count). The Hall–Kier alpha value is -0.650. The van der Waals surface area contributed by atoms with Gasteiger partial charge in [0.05, 0.1) is 19.1 Å². The Morgan fingerprint density at radius 1 is 1.57 bits per heavy atom. The Morgan fingerprint density at radius 2 is 2.14 bits per heavy atom. The van der Waals surface area contributed by atoms with E-state index >= 15 is 0 Å². The number of carboxylic acids is 1. The lowest BCUT2D eigenvalue weighted by Gasteiger charge is -2.28. The van der Waals surface area contributed by atoms with Gasteiger partial charge in [-0.05, 0) is 13.3 Å². The number of aliphatic hydroxyl groups is 2. The maximum Gasteiger partial charge on any atom is 0.306 e. The molecule has 0 amide bonds. The molecule has 0 saturated heterocycles. The molecule has 0 spiro atoms. The van der Waals surface area contributed by atoms with E-state index in [0.29, 0.717) is 6.42 Å². The van der Waals surface area contributed by atoms with Crippen LogP contribution in [0.4, 0.5) is 0 Å². The quantitative estimate of drug-likeness (QED) is 0.453. The molecule has 0 saturated carbocycles. The van der Waals surface area contributed by atoms with E-state index in [1.807, 2.05) is 13.8 Å². The summed E-state index contributed by atoms with van der Waals surface area (Å²) in [6, 6.07) is 0. The third-order valence-corrected chi connectivity index (χ3v) is 2.30. The van der Waals surface area contributed by atoms with E-state index in [1.54, 1.807) is 0 Å². The lowest BCUT2D eigenvalue weighted by Crippen LogP contribution is -2.48.